The van der Waals surface area contributed by atoms with Crippen molar-refractivity contribution in [2.45, 2.75) is 45.1 Å². The van der Waals surface area contributed by atoms with E-state index >= 15 is 0 Å². The van der Waals surface area contributed by atoms with Crippen LogP contribution in [0.25, 0.3) is 0 Å². The minimum atomic E-state index is -0.529. The Morgan fingerprint density at radius 2 is 2.00 bits per heavy atom. The first-order valence-corrected chi connectivity index (χ1v) is 8.97. The van der Waals surface area contributed by atoms with Gasteiger partial charge in [0.15, 0.2) is 5.78 Å². The molecule has 4 rings (SSSR count). The van der Waals surface area contributed by atoms with Gasteiger partial charge in [-0.2, -0.15) is 5.10 Å². The molecular weight excluding hydrogens is 328 g/mol. The van der Waals surface area contributed by atoms with Crippen molar-refractivity contribution >= 4 is 17.5 Å². The summed E-state index contributed by atoms with van der Waals surface area (Å²) < 4.78 is 1.71. The summed E-state index contributed by atoms with van der Waals surface area (Å²) in [6.45, 7) is 4.30. The molecule has 0 bridgehead atoms. The monoisotopic (exact) mass is 350 g/mol. The van der Waals surface area contributed by atoms with Gasteiger partial charge in [0.25, 0.3) is 5.91 Å². The lowest BCUT2D eigenvalue weighted by Crippen LogP contribution is -2.32. The van der Waals surface area contributed by atoms with E-state index in [2.05, 4.69) is 36.4 Å². The fourth-order valence-corrected chi connectivity index (χ4v) is 3.81. The number of benzene rings is 1. The van der Waals surface area contributed by atoms with Crippen LogP contribution in [-0.4, -0.2) is 21.5 Å². The molecule has 2 heterocycles. The fraction of sp³-hybridized carbons (Fsp3) is 0.350. The topological polar surface area (TPSA) is 90.0 Å². The van der Waals surface area contributed by atoms with E-state index in [4.69, 9.17) is 5.73 Å². The normalized spacial score (nSPS) is 19.2. The molecule has 26 heavy (non-hydrogen) atoms. The number of Topliss-reactive ketones (excluding diaryl/α,β-unsaturated/α-hetero) is 1. The number of rotatable bonds is 3. The number of ketones is 1. The minimum Gasteiger partial charge on any atom is -0.365 e. The third-order valence-electron chi connectivity index (χ3n) is 5.22. The van der Waals surface area contributed by atoms with Crippen molar-refractivity contribution < 1.29 is 9.59 Å². The second-order valence-corrected chi connectivity index (χ2v) is 7.23. The van der Waals surface area contributed by atoms with Crippen molar-refractivity contribution in [2.75, 3.05) is 5.32 Å². The van der Waals surface area contributed by atoms with E-state index in [-0.39, 0.29) is 11.8 Å². The van der Waals surface area contributed by atoms with Gasteiger partial charge in [-0.15, -0.1) is 0 Å². The summed E-state index contributed by atoms with van der Waals surface area (Å²) in [7, 11) is 0. The third kappa shape index (κ3) is 2.53. The van der Waals surface area contributed by atoms with Crippen LogP contribution in [-0.2, 0) is 4.79 Å². The van der Waals surface area contributed by atoms with Crippen LogP contribution in [0.2, 0.25) is 0 Å². The summed E-state index contributed by atoms with van der Waals surface area (Å²) in [5.74, 6) is 0.617. The van der Waals surface area contributed by atoms with Crippen LogP contribution in [0, 0.1) is 0 Å². The zero-order valence-electron chi connectivity index (χ0n) is 15.0. The molecule has 6 nitrogen and oxygen atoms in total. The second-order valence-electron chi connectivity index (χ2n) is 7.23. The highest BCUT2D eigenvalue weighted by atomic mass is 16.1. The first-order chi connectivity index (χ1) is 12.5. The van der Waals surface area contributed by atoms with Crippen LogP contribution in [0.3, 0.4) is 0 Å². The number of nitrogens with zero attached hydrogens (tertiary/aromatic N) is 2. The van der Waals surface area contributed by atoms with Crippen LogP contribution >= 0.6 is 0 Å². The predicted molar refractivity (Wildman–Crippen MR) is 98.9 cm³/mol. The van der Waals surface area contributed by atoms with Gasteiger partial charge in [-0.05, 0) is 29.9 Å². The third-order valence-corrected chi connectivity index (χ3v) is 5.22. The number of amides is 1. The summed E-state index contributed by atoms with van der Waals surface area (Å²) in [5.41, 5.74) is 9.71. The number of primary amides is 1. The number of allylic oxidation sites excluding steroid dienone is 2. The van der Waals surface area contributed by atoms with Crippen molar-refractivity contribution in [1.29, 1.82) is 0 Å². The minimum absolute atomic E-state index is 0.137. The number of hydrogen-bond donors (Lipinski definition) is 2. The average molecular weight is 350 g/mol. The second kappa shape index (κ2) is 6.12. The zero-order valence-corrected chi connectivity index (χ0v) is 15.0. The van der Waals surface area contributed by atoms with Gasteiger partial charge in [-0.3, -0.25) is 9.59 Å². The Balaban J connectivity index is 1.88. The summed E-state index contributed by atoms with van der Waals surface area (Å²) in [4.78, 5) is 24.5. The van der Waals surface area contributed by atoms with Crippen molar-refractivity contribution in [3.63, 3.8) is 0 Å². The first kappa shape index (κ1) is 16.6. The van der Waals surface area contributed by atoms with E-state index in [1.54, 1.807) is 4.68 Å². The molecule has 0 saturated heterocycles. The molecule has 1 aromatic heterocycles. The maximum absolute atomic E-state index is 12.7. The summed E-state index contributed by atoms with van der Waals surface area (Å²) in [6, 6.07) is 7.95. The molecule has 1 aromatic carbocycles. The highest BCUT2D eigenvalue weighted by Crippen LogP contribution is 2.41. The van der Waals surface area contributed by atoms with Crippen LogP contribution in [0.15, 0.2) is 41.7 Å². The standard InChI is InChI=1S/C20H22N4O2/c1-11(2)12-6-8-13(9-7-12)18-17-15(4-3-5-16(17)25)23-20-14(19(21)26)10-22-24(18)20/h6-11,18,23H,3-5H2,1-2H3,(H2,21,26). The number of anilines is 1. The molecule has 0 radical (unpaired) electrons. The Morgan fingerprint density at radius 1 is 1.27 bits per heavy atom. The van der Waals surface area contributed by atoms with E-state index in [0.717, 1.165) is 29.7 Å². The lowest BCUT2D eigenvalue weighted by molar-refractivity contribution is -0.116. The van der Waals surface area contributed by atoms with Gasteiger partial charge in [0.05, 0.1) is 6.20 Å². The Labute approximate surface area is 152 Å². The van der Waals surface area contributed by atoms with Gasteiger partial charge >= 0.3 is 0 Å². The Morgan fingerprint density at radius 3 is 2.65 bits per heavy atom. The van der Waals surface area contributed by atoms with Crippen molar-refractivity contribution in [3.8, 4) is 0 Å². The van der Waals surface area contributed by atoms with E-state index in [1.807, 2.05) is 12.1 Å². The molecule has 134 valence electrons. The molecule has 1 atom stereocenters. The van der Waals surface area contributed by atoms with Gasteiger partial charge in [-0.25, -0.2) is 4.68 Å². The van der Waals surface area contributed by atoms with Crippen LogP contribution in [0.1, 0.15) is 66.6 Å². The smallest absolute Gasteiger partial charge is 0.254 e. The predicted octanol–water partition coefficient (Wildman–Crippen LogP) is 3.13. The van der Waals surface area contributed by atoms with E-state index in [1.165, 1.54) is 11.8 Å². The molecule has 2 aromatic rings. The van der Waals surface area contributed by atoms with Crippen molar-refractivity contribution in [1.82, 2.24) is 9.78 Å². The summed E-state index contributed by atoms with van der Waals surface area (Å²) >= 11 is 0. The van der Waals surface area contributed by atoms with E-state index < -0.39 is 5.91 Å². The lowest BCUT2D eigenvalue weighted by Gasteiger charge is -2.33. The molecular formula is C20H22N4O2. The molecule has 3 N–H and O–H groups in total. The molecule has 1 unspecified atom stereocenters. The van der Waals surface area contributed by atoms with E-state index in [0.29, 0.717) is 23.7 Å². The van der Waals surface area contributed by atoms with Gasteiger partial charge in [0.1, 0.15) is 17.4 Å². The molecule has 0 spiro atoms. The Kier molecular flexibility index (Phi) is 3.90. The number of nitrogens with two attached hydrogens (primary N) is 1. The van der Waals surface area contributed by atoms with Crippen LogP contribution in [0.4, 0.5) is 5.82 Å². The first-order valence-electron chi connectivity index (χ1n) is 8.97. The van der Waals surface area contributed by atoms with Crippen LogP contribution < -0.4 is 11.1 Å². The van der Waals surface area contributed by atoms with Gasteiger partial charge < -0.3 is 11.1 Å². The van der Waals surface area contributed by atoms with Crippen molar-refractivity contribution in [2.24, 2.45) is 5.73 Å². The maximum atomic E-state index is 12.7. The highest BCUT2D eigenvalue weighted by Gasteiger charge is 2.37. The largest absolute Gasteiger partial charge is 0.365 e. The maximum Gasteiger partial charge on any atom is 0.254 e. The quantitative estimate of drug-likeness (QED) is 0.890. The number of fused-ring (bicyclic) bond motifs is 1. The van der Waals surface area contributed by atoms with Gasteiger partial charge in [-0.1, -0.05) is 38.1 Å². The number of carbonyl (C=O) groups excluding carboxylic acids is 2. The Bertz CT molecular complexity index is 922. The number of hydrogen-bond acceptors (Lipinski definition) is 4. The summed E-state index contributed by atoms with van der Waals surface area (Å²) in [6.07, 6.45) is 3.61. The number of nitrogens with one attached hydrogen (secondary N) is 1. The number of carbonyl (C=O) groups is 2. The molecule has 2 aliphatic rings. The van der Waals surface area contributed by atoms with Gasteiger partial charge in [0, 0.05) is 17.7 Å². The molecule has 0 fully saturated rings. The van der Waals surface area contributed by atoms with Gasteiger partial charge in [0.2, 0.25) is 0 Å². The molecule has 6 heteroatoms. The molecule has 1 amide bonds. The Hall–Kier alpha value is -2.89. The molecule has 1 aliphatic heterocycles. The molecule has 1 aliphatic carbocycles. The fourth-order valence-electron chi connectivity index (χ4n) is 3.81. The van der Waals surface area contributed by atoms with E-state index in [9.17, 15) is 9.59 Å². The molecule has 0 saturated carbocycles. The average Bonchev–Trinajstić information content (AvgIpc) is 3.04. The SMILES string of the molecule is CC(C)c1ccc(C2C3=C(CCCC3=O)Nc3c(C(N)=O)cnn32)cc1. The van der Waals surface area contributed by atoms with Crippen LogP contribution in [0.5, 0.6) is 0 Å². The lowest BCUT2D eigenvalue weighted by atomic mass is 9.85. The van der Waals surface area contributed by atoms with Crippen molar-refractivity contribution in [3.05, 3.63) is 58.4 Å². The summed E-state index contributed by atoms with van der Waals surface area (Å²) in [5, 5.41) is 7.63. The highest BCUT2D eigenvalue weighted by molar-refractivity contribution is 6.02. The zero-order chi connectivity index (χ0) is 18.4. The number of aromatic nitrogens is 2.